The molecule has 0 saturated heterocycles. The summed E-state index contributed by atoms with van der Waals surface area (Å²) in [5.41, 5.74) is 1.17. The van der Waals surface area contributed by atoms with E-state index < -0.39 is 0 Å². The van der Waals surface area contributed by atoms with E-state index in [-0.39, 0.29) is 5.56 Å². The van der Waals surface area contributed by atoms with Crippen LogP contribution in [0.2, 0.25) is 0 Å². The summed E-state index contributed by atoms with van der Waals surface area (Å²) in [7, 11) is 1.75. The highest BCUT2D eigenvalue weighted by atomic mass is 16.5. The topological polar surface area (TPSA) is 31.2 Å². The molecule has 3 heteroatoms. The lowest BCUT2D eigenvalue weighted by atomic mass is 10.2. The fourth-order valence-corrected chi connectivity index (χ4v) is 1.59. The van der Waals surface area contributed by atoms with Gasteiger partial charge in [0.15, 0.2) is 0 Å². The molecule has 128 valence electrons. The van der Waals surface area contributed by atoms with E-state index >= 15 is 0 Å². The average molecular weight is 317 g/mol. The molecule has 0 aliphatic rings. The minimum atomic E-state index is 0.0688. The van der Waals surface area contributed by atoms with E-state index in [1.165, 1.54) is 0 Å². The van der Waals surface area contributed by atoms with Crippen molar-refractivity contribution in [1.29, 1.82) is 0 Å². The third-order valence-electron chi connectivity index (χ3n) is 2.90. The quantitative estimate of drug-likeness (QED) is 0.819. The molecule has 1 aromatic carbocycles. The van der Waals surface area contributed by atoms with E-state index in [2.05, 4.69) is 13.8 Å². The lowest BCUT2D eigenvalue weighted by Gasteiger charge is -2.07. The van der Waals surface area contributed by atoms with Crippen LogP contribution >= 0.6 is 0 Å². The molecule has 0 unspecified atom stereocenters. The van der Waals surface area contributed by atoms with Crippen molar-refractivity contribution in [2.45, 2.75) is 41.0 Å². The van der Waals surface area contributed by atoms with E-state index in [9.17, 15) is 4.79 Å². The van der Waals surface area contributed by atoms with Gasteiger partial charge in [-0.05, 0) is 36.1 Å². The molecule has 3 nitrogen and oxygen atoms in total. The molecule has 0 radical (unpaired) electrons. The average Bonchev–Trinajstić information content (AvgIpc) is 2.59. The highest BCUT2D eigenvalue weighted by Crippen LogP contribution is 2.09. The smallest absolute Gasteiger partial charge is 0.250 e. The fourth-order valence-electron chi connectivity index (χ4n) is 1.59. The lowest BCUT2D eigenvalue weighted by Crippen LogP contribution is -2.14. The van der Waals surface area contributed by atoms with Crippen LogP contribution in [0.4, 0.5) is 0 Å². The summed E-state index contributed by atoms with van der Waals surface area (Å²) in [4.78, 5) is 11.0. The zero-order valence-corrected chi connectivity index (χ0v) is 15.4. The number of hydrogen-bond donors (Lipinski definition) is 0. The number of pyridine rings is 1. The number of nitrogens with zero attached hydrogens (tertiary/aromatic N) is 1. The van der Waals surface area contributed by atoms with Crippen LogP contribution < -0.4 is 10.3 Å². The van der Waals surface area contributed by atoms with Crippen molar-refractivity contribution in [2.75, 3.05) is 6.61 Å². The maximum Gasteiger partial charge on any atom is 0.250 e. The number of hydrogen-bond acceptors (Lipinski definition) is 2. The molecule has 0 aliphatic carbocycles. The minimum Gasteiger partial charge on any atom is -0.493 e. The Hall–Kier alpha value is -2.03. The van der Waals surface area contributed by atoms with Crippen LogP contribution in [0.5, 0.6) is 5.75 Å². The maximum atomic E-state index is 11.0. The predicted octanol–water partition coefficient (Wildman–Crippen LogP) is 4.70. The molecule has 0 spiro atoms. The van der Waals surface area contributed by atoms with Gasteiger partial charge in [0.1, 0.15) is 5.75 Å². The zero-order chi connectivity index (χ0) is 17.7. The number of aryl methyl sites for hydroxylation is 2. The van der Waals surface area contributed by atoms with E-state index in [0.717, 1.165) is 24.3 Å². The van der Waals surface area contributed by atoms with E-state index in [0.29, 0.717) is 5.92 Å². The summed E-state index contributed by atoms with van der Waals surface area (Å²) in [5, 5.41) is 0. The normalized spacial score (nSPS) is 9.35. The molecule has 0 fully saturated rings. The van der Waals surface area contributed by atoms with Crippen molar-refractivity contribution in [2.24, 2.45) is 13.0 Å². The molecule has 23 heavy (non-hydrogen) atoms. The highest BCUT2D eigenvalue weighted by Gasteiger charge is 1.94. The first-order valence-corrected chi connectivity index (χ1v) is 8.36. The van der Waals surface area contributed by atoms with Gasteiger partial charge in [-0.25, -0.2) is 0 Å². The second-order valence-electron chi connectivity index (χ2n) is 5.36. The van der Waals surface area contributed by atoms with Crippen molar-refractivity contribution in [1.82, 2.24) is 4.57 Å². The van der Waals surface area contributed by atoms with Crippen molar-refractivity contribution in [3.05, 3.63) is 64.6 Å². The lowest BCUT2D eigenvalue weighted by molar-refractivity contribution is 0.271. The van der Waals surface area contributed by atoms with Crippen LogP contribution in [0, 0.1) is 5.92 Å². The van der Waals surface area contributed by atoms with Crippen molar-refractivity contribution in [3.8, 4) is 5.75 Å². The molecule has 0 N–H and O–H groups in total. The number of aromatic nitrogens is 1. The highest BCUT2D eigenvalue weighted by molar-refractivity contribution is 5.20. The number of ether oxygens (including phenoxy) is 1. The number of para-hydroxylation sites is 1. The number of rotatable bonds is 4. The Morgan fingerprint density at radius 3 is 2.17 bits per heavy atom. The minimum absolute atomic E-state index is 0.0688. The maximum absolute atomic E-state index is 11.0. The van der Waals surface area contributed by atoms with Gasteiger partial charge in [-0.3, -0.25) is 4.79 Å². The Labute approximate surface area is 140 Å². The Bertz CT molecular complexity index is 574. The van der Waals surface area contributed by atoms with Gasteiger partial charge in [0, 0.05) is 19.3 Å². The van der Waals surface area contributed by atoms with Crippen LogP contribution in [0.15, 0.2) is 53.5 Å². The summed E-state index contributed by atoms with van der Waals surface area (Å²) in [6, 6.07) is 13.5. The first kappa shape index (κ1) is 21.0. The van der Waals surface area contributed by atoms with Crippen LogP contribution in [0.3, 0.4) is 0 Å². The second kappa shape index (κ2) is 12.5. The third kappa shape index (κ3) is 9.56. The summed E-state index contributed by atoms with van der Waals surface area (Å²) in [5.74, 6) is 1.55. The Morgan fingerprint density at radius 2 is 1.70 bits per heavy atom. The van der Waals surface area contributed by atoms with Crippen LogP contribution in [-0.4, -0.2) is 11.2 Å². The molecule has 1 heterocycles. The van der Waals surface area contributed by atoms with Gasteiger partial charge in [-0.1, -0.05) is 52.8 Å². The molecule has 0 bridgehead atoms. The molecular weight excluding hydrogens is 286 g/mol. The first-order valence-electron chi connectivity index (χ1n) is 8.36. The SMILES string of the molecule is CC.CC(C)COc1ccccc1.CCc1ccn(C)c(=O)c1. The third-order valence-corrected chi connectivity index (χ3v) is 2.90. The molecule has 0 aliphatic heterocycles. The fraction of sp³-hybridized carbons (Fsp3) is 0.450. The standard InChI is InChI=1S/C10H14O.C8H11NO.C2H6/c1-9(2)8-11-10-6-4-3-5-7-10;1-3-7-4-5-9(2)8(10)6-7;1-2/h3-7,9H,8H2,1-2H3;4-6H,3H2,1-2H3;1-2H3. The van der Waals surface area contributed by atoms with Crippen molar-refractivity contribution in [3.63, 3.8) is 0 Å². The number of benzene rings is 1. The van der Waals surface area contributed by atoms with Crippen LogP contribution in [-0.2, 0) is 13.5 Å². The summed E-state index contributed by atoms with van der Waals surface area (Å²) >= 11 is 0. The van der Waals surface area contributed by atoms with Crippen molar-refractivity contribution < 1.29 is 4.74 Å². The van der Waals surface area contributed by atoms with Gasteiger partial charge in [-0.2, -0.15) is 0 Å². The first-order chi connectivity index (χ1) is 11.0. The summed E-state index contributed by atoms with van der Waals surface area (Å²) in [6.07, 6.45) is 2.72. The van der Waals surface area contributed by atoms with E-state index in [4.69, 9.17) is 4.74 Å². The Balaban J connectivity index is 0.000000381. The second-order valence-corrected chi connectivity index (χ2v) is 5.36. The van der Waals surface area contributed by atoms with Crippen LogP contribution in [0.25, 0.3) is 0 Å². The van der Waals surface area contributed by atoms with E-state index in [1.54, 1.807) is 23.9 Å². The molecule has 0 saturated carbocycles. The monoisotopic (exact) mass is 317 g/mol. The Kier molecular flexibility index (Phi) is 11.4. The van der Waals surface area contributed by atoms with Crippen molar-refractivity contribution >= 4 is 0 Å². The summed E-state index contributed by atoms with van der Waals surface area (Å²) in [6.45, 7) is 11.1. The van der Waals surface area contributed by atoms with E-state index in [1.807, 2.05) is 57.2 Å². The molecule has 2 rings (SSSR count). The zero-order valence-electron chi connectivity index (χ0n) is 15.4. The molecule has 2 aromatic rings. The molecule has 0 atom stereocenters. The van der Waals surface area contributed by atoms with Gasteiger partial charge in [0.05, 0.1) is 6.61 Å². The van der Waals surface area contributed by atoms with Crippen LogP contribution in [0.1, 0.15) is 40.2 Å². The molecule has 0 amide bonds. The predicted molar refractivity (Wildman–Crippen MR) is 99.2 cm³/mol. The van der Waals surface area contributed by atoms with Gasteiger partial charge in [-0.15, -0.1) is 0 Å². The Morgan fingerprint density at radius 1 is 1.09 bits per heavy atom. The molecular formula is C20H31NO2. The van der Waals surface area contributed by atoms with Gasteiger partial charge >= 0.3 is 0 Å². The molecule has 1 aromatic heterocycles. The van der Waals surface area contributed by atoms with Gasteiger partial charge in [0.25, 0.3) is 5.56 Å². The van der Waals surface area contributed by atoms with Gasteiger partial charge < -0.3 is 9.30 Å². The summed E-state index contributed by atoms with van der Waals surface area (Å²) < 4.78 is 7.04. The largest absolute Gasteiger partial charge is 0.493 e. The van der Waals surface area contributed by atoms with Gasteiger partial charge in [0.2, 0.25) is 0 Å².